The van der Waals surface area contributed by atoms with Crippen LogP contribution in [-0.4, -0.2) is 79.6 Å². The second-order valence-electron chi connectivity index (χ2n) is 7.91. The molecule has 3 atom stereocenters. The SMILES string of the molecule is CCCCCN1CCC[C@]1(C(=O)O)C(=O)[C@@H]1CCCN1C(=O)[C@H](C)NP(=O)(O)O. The van der Waals surface area contributed by atoms with Crippen molar-refractivity contribution < 1.29 is 33.8 Å². The summed E-state index contributed by atoms with van der Waals surface area (Å²) >= 11 is 0. The normalized spacial score (nSPS) is 26.6. The monoisotopic (exact) mass is 433 g/mol. The molecule has 2 rings (SSSR count). The Balaban J connectivity index is 2.23. The van der Waals surface area contributed by atoms with E-state index >= 15 is 0 Å². The molecule has 4 N–H and O–H groups in total. The van der Waals surface area contributed by atoms with E-state index in [2.05, 4.69) is 6.92 Å². The highest BCUT2D eigenvalue weighted by molar-refractivity contribution is 7.49. The van der Waals surface area contributed by atoms with E-state index in [1.54, 1.807) is 4.90 Å². The number of carboxylic acid groups (broad SMARTS) is 1. The van der Waals surface area contributed by atoms with Crippen molar-refractivity contribution in [2.45, 2.75) is 76.4 Å². The van der Waals surface area contributed by atoms with Gasteiger partial charge in [-0.15, -0.1) is 0 Å². The second-order valence-corrected chi connectivity index (χ2v) is 9.26. The van der Waals surface area contributed by atoms with Gasteiger partial charge < -0.3 is 19.8 Å². The number of carbonyl (C=O) groups is 3. The van der Waals surface area contributed by atoms with Gasteiger partial charge in [0.05, 0.1) is 12.1 Å². The average molecular weight is 433 g/mol. The number of ketones is 1. The van der Waals surface area contributed by atoms with Gasteiger partial charge in [0.25, 0.3) is 0 Å². The molecule has 2 heterocycles. The van der Waals surface area contributed by atoms with Crippen molar-refractivity contribution in [3.05, 3.63) is 0 Å². The third-order valence-electron chi connectivity index (χ3n) is 5.87. The van der Waals surface area contributed by atoms with Gasteiger partial charge in [-0.1, -0.05) is 19.8 Å². The molecule has 0 bridgehead atoms. The first-order chi connectivity index (χ1) is 13.5. The third-order valence-corrected chi connectivity index (χ3v) is 6.59. The summed E-state index contributed by atoms with van der Waals surface area (Å²) in [6.07, 6.45) is 4.43. The van der Waals surface area contributed by atoms with Crippen molar-refractivity contribution in [1.29, 1.82) is 0 Å². The maximum atomic E-state index is 13.5. The number of unbranched alkanes of at least 4 members (excludes halogenated alkanes) is 2. The number of amides is 1. The van der Waals surface area contributed by atoms with Crippen molar-refractivity contribution in [2.75, 3.05) is 19.6 Å². The number of likely N-dealkylation sites (tertiary alicyclic amines) is 2. The van der Waals surface area contributed by atoms with Crippen LogP contribution in [0.5, 0.6) is 0 Å². The number of hydrogen-bond acceptors (Lipinski definition) is 5. The summed E-state index contributed by atoms with van der Waals surface area (Å²) < 4.78 is 11.2. The molecule has 2 saturated heterocycles. The predicted molar refractivity (Wildman–Crippen MR) is 105 cm³/mol. The molecule has 11 heteroatoms. The molecule has 2 aliphatic heterocycles. The highest BCUT2D eigenvalue weighted by Crippen LogP contribution is 2.36. The van der Waals surface area contributed by atoms with Gasteiger partial charge in [-0.3, -0.25) is 14.5 Å². The number of aliphatic carboxylic acids is 1. The minimum atomic E-state index is -4.62. The first-order valence-corrected chi connectivity index (χ1v) is 11.8. The second kappa shape index (κ2) is 9.66. The Hall–Kier alpha value is -1.32. The van der Waals surface area contributed by atoms with Crippen molar-refractivity contribution >= 4 is 25.4 Å². The van der Waals surface area contributed by atoms with E-state index in [1.165, 1.54) is 11.8 Å². The third kappa shape index (κ3) is 5.24. The van der Waals surface area contributed by atoms with Crippen LogP contribution in [-0.2, 0) is 18.9 Å². The number of nitrogens with one attached hydrogen (secondary N) is 1. The fourth-order valence-corrected chi connectivity index (χ4v) is 5.11. The first-order valence-electron chi connectivity index (χ1n) is 10.2. The van der Waals surface area contributed by atoms with Gasteiger partial charge in [-0.25, -0.2) is 14.4 Å². The van der Waals surface area contributed by atoms with E-state index in [-0.39, 0.29) is 13.0 Å². The molecule has 1 amide bonds. The number of nitrogens with zero attached hydrogens (tertiary/aromatic N) is 2. The van der Waals surface area contributed by atoms with Gasteiger partial charge in [0.15, 0.2) is 11.3 Å². The molecule has 2 fully saturated rings. The molecule has 0 unspecified atom stereocenters. The fourth-order valence-electron chi connectivity index (χ4n) is 4.49. The summed E-state index contributed by atoms with van der Waals surface area (Å²) in [4.78, 5) is 59.6. The molecule has 0 saturated carbocycles. The molecule has 0 radical (unpaired) electrons. The summed E-state index contributed by atoms with van der Waals surface area (Å²) in [7, 11) is -4.62. The predicted octanol–water partition coefficient (Wildman–Crippen LogP) is 0.727. The Kier molecular flexibility index (Phi) is 7.98. The largest absolute Gasteiger partial charge is 0.480 e. The highest BCUT2D eigenvalue weighted by atomic mass is 31.2. The van der Waals surface area contributed by atoms with E-state index in [1.807, 2.05) is 5.09 Å². The minimum Gasteiger partial charge on any atom is -0.480 e. The smallest absolute Gasteiger partial charge is 0.401 e. The van der Waals surface area contributed by atoms with E-state index < -0.39 is 43.0 Å². The molecule has 2 aliphatic rings. The fraction of sp³-hybridized carbons (Fsp3) is 0.833. The lowest BCUT2D eigenvalue weighted by atomic mass is 9.85. The zero-order valence-electron chi connectivity index (χ0n) is 17.0. The molecule has 166 valence electrons. The molecule has 29 heavy (non-hydrogen) atoms. The summed E-state index contributed by atoms with van der Waals surface area (Å²) in [5.41, 5.74) is -1.64. The Bertz CT molecular complexity index is 682. The summed E-state index contributed by atoms with van der Waals surface area (Å²) in [6.45, 7) is 4.67. The van der Waals surface area contributed by atoms with Crippen LogP contribution in [0.3, 0.4) is 0 Å². The topological polar surface area (TPSA) is 147 Å². The zero-order chi connectivity index (χ0) is 21.8. The lowest BCUT2D eigenvalue weighted by Crippen LogP contribution is -2.62. The van der Waals surface area contributed by atoms with Crippen molar-refractivity contribution in [1.82, 2.24) is 14.9 Å². The van der Waals surface area contributed by atoms with Crippen LogP contribution >= 0.6 is 7.75 Å². The molecular formula is C18H32N3O7P. The van der Waals surface area contributed by atoms with Gasteiger partial charge in [0, 0.05) is 6.54 Å². The van der Waals surface area contributed by atoms with E-state index in [9.17, 15) is 24.1 Å². The van der Waals surface area contributed by atoms with Gasteiger partial charge in [-0.05, 0) is 52.1 Å². The molecule has 0 aromatic rings. The van der Waals surface area contributed by atoms with Gasteiger partial charge >= 0.3 is 13.7 Å². The van der Waals surface area contributed by atoms with E-state index in [0.29, 0.717) is 32.4 Å². The molecule has 10 nitrogen and oxygen atoms in total. The van der Waals surface area contributed by atoms with Crippen LogP contribution in [0.2, 0.25) is 0 Å². The number of rotatable bonds is 10. The molecule has 0 spiro atoms. The Morgan fingerprint density at radius 3 is 2.48 bits per heavy atom. The number of carbonyl (C=O) groups excluding carboxylic acids is 2. The Morgan fingerprint density at radius 2 is 1.90 bits per heavy atom. The van der Waals surface area contributed by atoms with Crippen LogP contribution in [0.25, 0.3) is 0 Å². The minimum absolute atomic E-state index is 0.210. The molecule has 0 aliphatic carbocycles. The maximum absolute atomic E-state index is 13.5. The lowest BCUT2D eigenvalue weighted by molar-refractivity contribution is -0.159. The highest BCUT2D eigenvalue weighted by Gasteiger charge is 2.57. The number of carboxylic acids is 1. The lowest BCUT2D eigenvalue weighted by Gasteiger charge is -2.37. The van der Waals surface area contributed by atoms with Gasteiger partial charge in [0.2, 0.25) is 5.91 Å². The van der Waals surface area contributed by atoms with Crippen LogP contribution < -0.4 is 5.09 Å². The van der Waals surface area contributed by atoms with Crippen LogP contribution in [0, 0.1) is 0 Å². The average Bonchev–Trinajstić information content (AvgIpc) is 3.27. The van der Waals surface area contributed by atoms with Crippen LogP contribution in [0.1, 0.15) is 58.8 Å². The van der Waals surface area contributed by atoms with Crippen molar-refractivity contribution in [3.8, 4) is 0 Å². The Labute approximate surface area is 170 Å². The Morgan fingerprint density at radius 1 is 1.21 bits per heavy atom. The van der Waals surface area contributed by atoms with Crippen molar-refractivity contribution in [3.63, 3.8) is 0 Å². The van der Waals surface area contributed by atoms with Crippen molar-refractivity contribution in [2.24, 2.45) is 0 Å². The standard InChI is InChI=1S/C18H32N3O7P/c1-3-4-5-10-20-11-7-9-18(20,17(24)25)15(22)14-8-6-12-21(14)16(23)13(2)19-29(26,27)28/h13-14H,3-12H2,1-2H3,(H,24,25)(H3,19,26,27,28)/t13-,14-,18+/m0/s1. The molecule has 0 aromatic carbocycles. The summed E-state index contributed by atoms with van der Waals surface area (Å²) in [6, 6.07) is -2.08. The van der Waals surface area contributed by atoms with Crippen LogP contribution in [0.4, 0.5) is 0 Å². The number of Topliss-reactive ketones (excluding diaryl/α,β-unsaturated/α-hetero) is 1. The maximum Gasteiger partial charge on any atom is 0.401 e. The quantitative estimate of drug-likeness (QED) is 0.222. The molecule has 0 aromatic heterocycles. The van der Waals surface area contributed by atoms with Gasteiger partial charge in [-0.2, -0.15) is 0 Å². The number of hydrogen-bond donors (Lipinski definition) is 4. The van der Waals surface area contributed by atoms with E-state index in [4.69, 9.17) is 9.79 Å². The molecular weight excluding hydrogens is 401 g/mol. The summed E-state index contributed by atoms with van der Waals surface area (Å²) in [5, 5.41) is 12.0. The van der Waals surface area contributed by atoms with E-state index in [0.717, 1.165) is 19.3 Å². The van der Waals surface area contributed by atoms with Crippen LogP contribution in [0.15, 0.2) is 0 Å². The first kappa shape index (κ1) is 24.0. The zero-order valence-corrected chi connectivity index (χ0v) is 17.9. The summed E-state index contributed by atoms with van der Waals surface area (Å²) in [5.74, 6) is -2.29. The van der Waals surface area contributed by atoms with Gasteiger partial charge in [0.1, 0.15) is 0 Å².